The van der Waals surface area contributed by atoms with Crippen LogP contribution in [-0.2, 0) is 0 Å². The summed E-state index contributed by atoms with van der Waals surface area (Å²) in [6, 6.07) is 11.3. The minimum Gasteiger partial charge on any atom is -0.366 e. The smallest absolute Gasteiger partial charge is 0.250 e. The highest BCUT2D eigenvalue weighted by molar-refractivity contribution is 7.16. The van der Waals surface area contributed by atoms with E-state index >= 15 is 0 Å². The number of halogens is 1. The van der Waals surface area contributed by atoms with Crippen LogP contribution in [0.2, 0.25) is 0 Å². The maximum Gasteiger partial charge on any atom is 0.250 e. The molecule has 5 nitrogen and oxygen atoms in total. The molecule has 0 radical (unpaired) electrons. The third-order valence-corrected chi connectivity index (χ3v) is 4.11. The van der Waals surface area contributed by atoms with Gasteiger partial charge in [0.05, 0.1) is 11.3 Å². The molecule has 112 valence electrons. The van der Waals surface area contributed by atoms with Crippen molar-refractivity contribution >= 4 is 17.2 Å². The molecule has 23 heavy (non-hydrogen) atoms. The van der Waals surface area contributed by atoms with E-state index in [0.29, 0.717) is 15.6 Å². The lowest BCUT2D eigenvalue weighted by Gasteiger charge is -1.99. The summed E-state index contributed by atoms with van der Waals surface area (Å²) in [5.74, 6) is -1.02. The van der Waals surface area contributed by atoms with E-state index in [1.54, 1.807) is 24.3 Å². The molecular weight excluding hydrogens is 315 g/mol. The number of carbonyl (C=O) groups excluding carboxylic acids is 1. The first kappa shape index (κ1) is 14.8. The molecule has 0 saturated heterocycles. The molecule has 0 fully saturated rings. The predicted octanol–water partition coefficient (Wildman–Crippen LogP) is 2.98. The molecule has 0 bridgehead atoms. The number of rotatable bonds is 3. The van der Waals surface area contributed by atoms with Gasteiger partial charge >= 0.3 is 0 Å². The fourth-order valence-electron chi connectivity index (χ4n) is 2.01. The van der Waals surface area contributed by atoms with Gasteiger partial charge in [-0.25, -0.2) is 9.37 Å². The van der Waals surface area contributed by atoms with Gasteiger partial charge < -0.3 is 5.73 Å². The first-order valence-electron chi connectivity index (χ1n) is 6.52. The number of carbonyl (C=O) groups is 1. The van der Waals surface area contributed by atoms with Crippen molar-refractivity contribution in [1.29, 1.82) is 5.26 Å². The molecule has 1 amide bonds. The quantitative estimate of drug-likeness (QED) is 0.801. The van der Waals surface area contributed by atoms with Crippen LogP contribution in [0.3, 0.4) is 0 Å². The van der Waals surface area contributed by atoms with Crippen LogP contribution < -0.4 is 5.73 Å². The van der Waals surface area contributed by atoms with Crippen LogP contribution in [-0.4, -0.2) is 15.9 Å². The van der Waals surface area contributed by atoms with Crippen molar-refractivity contribution in [3.63, 3.8) is 0 Å². The lowest BCUT2D eigenvalue weighted by molar-refractivity contribution is 0.1000. The lowest BCUT2D eigenvalue weighted by atomic mass is 10.1. The summed E-state index contributed by atoms with van der Waals surface area (Å²) in [6.45, 7) is 0. The fourth-order valence-corrected chi connectivity index (χ4v) is 2.86. The zero-order valence-electron chi connectivity index (χ0n) is 11.7. The van der Waals surface area contributed by atoms with E-state index < -0.39 is 11.7 Å². The molecule has 2 heterocycles. The number of nitrogens with zero attached hydrogens (tertiary/aromatic N) is 3. The van der Waals surface area contributed by atoms with Gasteiger partial charge in [-0.1, -0.05) is 12.1 Å². The fraction of sp³-hybridized carbons (Fsp3) is 0. The molecule has 3 rings (SSSR count). The zero-order valence-corrected chi connectivity index (χ0v) is 12.5. The highest BCUT2D eigenvalue weighted by Gasteiger charge is 2.17. The van der Waals surface area contributed by atoms with Gasteiger partial charge in [0.15, 0.2) is 0 Å². The van der Waals surface area contributed by atoms with Gasteiger partial charge in [-0.05, 0) is 24.3 Å². The van der Waals surface area contributed by atoms with Crippen molar-refractivity contribution in [2.75, 3.05) is 0 Å². The van der Waals surface area contributed by atoms with Gasteiger partial charge in [0.2, 0.25) is 5.91 Å². The maximum absolute atomic E-state index is 13.9. The van der Waals surface area contributed by atoms with Gasteiger partial charge in [0.25, 0.3) is 0 Å². The number of hydrogen-bond donors (Lipinski definition) is 1. The van der Waals surface area contributed by atoms with Crippen molar-refractivity contribution < 1.29 is 9.18 Å². The van der Waals surface area contributed by atoms with Gasteiger partial charge in [0, 0.05) is 11.8 Å². The van der Waals surface area contributed by atoms with Crippen LogP contribution >= 0.6 is 11.3 Å². The number of primary amides is 1. The number of amides is 1. The highest BCUT2D eigenvalue weighted by Crippen LogP contribution is 2.33. The Balaban J connectivity index is 2.08. The third-order valence-electron chi connectivity index (χ3n) is 3.12. The molecule has 0 atom stereocenters. The molecule has 0 unspecified atom stereocenters. The van der Waals surface area contributed by atoms with Crippen molar-refractivity contribution in [3.8, 4) is 28.0 Å². The SMILES string of the molecule is N#Cc1sc(-c2ccc(C(N)=O)cn2)nc1-c1ccccc1F. The number of pyridine rings is 1. The number of nitrogens with two attached hydrogens (primary N) is 1. The van der Waals surface area contributed by atoms with E-state index in [-0.39, 0.29) is 16.8 Å². The van der Waals surface area contributed by atoms with Crippen molar-refractivity contribution in [1.82, 2.24) is 9.97 Å². The van der Waals surface area contributed by atoms with E-state index in [2.05, 4.69) is 9.97 Å². The highest BCUT2D eigenvalue weighted by atomic mass is 32.1. The Labute approximate surface area is 134 Å². The largest absolute Gasteiger partial charge is 0.366 e. The van der Waals surface area contributed by atoms with Crippen molar-refractivity contribution in [3.05, 3.63) is 58.9 Å². The lowest BCUT2D eigenvalue weighted by Crippen LogP contribution is -2.10. The van der Waals surface area contributed by atoms with Crippen LogP contribution in [0.1, 0.15) is 15.2 Å². The Kier molecular flexibility index (Phi) is 3.83. The zero-order chi connectivity index (χ0) is 16.4. The molecule has 7 heteroatoms. The standard InChI is InChI=1S/C16H9FN4OS/c17-11-4-2-1-3-10(11)14-13(7-18)23-16(21-14)12-6-5-9(8-20-12)15(19)22/h1-6,8H,(H2,19,22). The molecule has 0 aliphatic carbocycles. The summed E-state index contributed by atoms with van der Waals surface area (Å²) in [6.07, 6.45) is 1.34. The van der Waals surface area contributed by atoms with E-state index in [1.807, 2.05) is 6.07 Å². The second-order valence-electron chi connectivity index (χ2n) is 4.58. The molecule has 0 aliphatic rings. The summed E-state index contributed by atoms with van der Waals surface area (Å²) >= 11 is 1.11. The van der Waals surface area contributed by atoms with E-state index in [4.69, 9.17) is 5.73 Å². The Morgan fingerprint density at radius 1 is 1.26 bits per heavy atom. The summed E-state index contributed by atoms with van der Waals surface area (Å²) in [5.41, 5.74) is 6.48. The monoisotopic (exact) mass is 324 g/mol. The molecular formula is C16H9FN4OS. The molecule has 2 N–H and O–H groups in total. The average molecular weight is 324 g/mol. The second-order valence-corrected chi connectivity index (χ2v) is 5.58. The molecule has 2 aromatic heterocycles. The summed E-state index contributed by atoms with van der Waals surface area (Å²) in [7, 11) is 0. The molecule has 3 aromatic rings. The van der Waals surface area contributed by atoms with Crippen LogP contribution in [0.4, 0.5) is 4.39 Å². The van der Waals surface area contributed by atoms with Gasteiger partial charge in [-0.2, -0.15) is 5.26 Å². The van der Waals surface area contributed by atoms with Gasteiger partial charge in [-0.15, -0.1) is 11.3 Å². The van der Waals surface area contributed by atoms with E-state index in [0.717, 1.165) is 11.3 Å². The predicted molar refractivity (Wildman–Crippen MR) is 84.0 cm³/mol. The second kappa shape index (κ2) is 5.94. The Morgan fingerprint density at radius 3 is 2.65 bits per heavy atom. The first-order valence-corrected chi connectivity index (χ1v) is 7.34. The van der Waals surface area contributed by atoms with Crippen LogP contribution in [0, 0.1) is 17.1 Å². The summed E-state index contributed by atoms with van der Waals surface area (Å²) in [4.78, 5) is 19.8. The average Bonchev–Trinajstić information content (AvgIpc) is 2.99. The third kappa shape index (κ3) is 2.80. The van der Waals surface area contributed by atoms with Gasteiger partial charge in [-0.3, -0.25) is 9.78 Å². The summed E-state index contributed by atoms with van der Waals surface area (Å²) in [5, 5.41) is 9.73. The molecule has 1 aromatic carbocycles. The number of benzene rings is 1. The number of aromatic nitrogens is 2. The Morgan fingerprint density at radius 2 is 2.04 bits per heavy atom. The Hall–Kier alpha value is -3.11. The van der Waals surface area contributed by atoms with Crippen LogP contribution in [0.5, 0.6) is 0 Å². The Bertz CT molecular complexity index is 928. The van der Waals surface area contributed by atoms with Crippen LogP contribution in [0.15, 0.2) is 42.6 Å². The topological polar surface area (TPSA) is 92.7 Å². The molecule has 0 spiro atoms. The van der Waals surface area contributed by atoms with Gasteiger partial charge in [0.1, 0.15) is 27.5 Å². The normalized spacial score (nSPS) is 10.3. The van der Waals surface area contributed by atoms with E-state index in [1.165, 1.54) is 18.3 Å². The number of hydrogen-bond acceptors (Lipinski definition) is 5. The minimum absolute atomic E-state index is 0.264. The van der Waals surface area contributed by atoms with Crippen molar-refractivity contribution in [2.24, 2.45) is 5.73 Å². The minimum atomic E-state index is -0.576. The van der Waals surface area contributed by atoms with Crippen LogP contribution in [0.25, 0.3) is 22.0 Å². The van der Waals surface area contributed by atoms with E-state index in [9.17, 15) is 14.4 Å². The maximum atomic E-state index is 13.9. The number of thiazole rings is 1. The molecule has 0 saturated carbocycles. The van der Waals surface area contributed by atoms with Crippen molar-refractivity contribution in [2.45, 2.75) is 0 Å². The molecule has 0 aliphatic heterocycles. The number of nitriles is 1. The summed E-state index contributed by atoms with van der Waals surface area (Å²) < 4.78 is 13.9. The first-order chi connectivity index (χ1) is 11.1.